The van der Waals surface area contributed by atoms with Crippen molar-refractivity contribution in [3.8, 4) is 0 Å². The van der Waals surface area contributed by atoms with Gasteiger partial charge in [0.1, 0.15) is 5.76 Å². The Morgan fingerprint density at radius 2 is 2.33 bits per heavy atom. The van der Waals surface area contributed by atoms with Crippen molar-refractivity contribution in [1.29, 1.82) is 0 Å². The second-order valence-electron chi connectivity index (χ2n) is 5.42. The Morgan fingerprint density at radius 3 is 3.11 bits per heavy atom. The maximum Gasteiger partial charge on any atom is 0.122 e. The molecule has 1 aliphatic heterocycles. The van der Waals surface area contributed by atoms with E-state index in [0.29, 0.717) is 6.04 Å². The molecule has 0 spiro atoms. The monoisotopic (exact) mass is 250 g/mol. The molecule has 18 heavy (non-hydrogen) atoms. The van der Waals surface area contributed by atoms with E-state index in [0.717, 1.165) is 44.7 Å². The fraction of sp³-hybridized carbons (Fsp3) is 0.714. The molecule has 1 aromatic rings. The van der Waals surface area contributed by atoms with Crippen LogP contribution in [0.2, 0.25) is 0 Å². The fourth-order valence-corrected chi connectivity index (χ4v) is 2.40. The van der Waals surface area contributed by atoms with E-state index in [1.165, 1.54) is 18.4 Å². The summed E-state index contributed by atoms with van der Waals surface area (Å²) in [7, 11) is 0. The molecule has 1 saturated heterocycles. The van der Waals surface area contributed by atoms with Crippen molar-refractivity contribution in [3.05, 3.63) is 23.7 Å². The molecule has 0 amide bonds. The first-order valence-corrected chi connectivity index (χ1v) is 6.93. The first-order valence-electron chi connectivity index (χ1n) is 6.93. The number of hydrogen-bond acceptors (Lipinski definition) is 4. The molecule has 0 bridgehead atoms. The van der Waals surface area contributed by atoms with E-state index in [1.807, 2.05) is 6.26 Å². The molecule has 0 radical (unpaired) electrons. The average Bonchev–Trinajstić information content (AvgIpc) is 3.10. The van der Waals surface area contributed by atoms with Gasteiger partial charge in [-0.1, -0.05) is 0 Å². The average molecular weight is 250 g/mol. The maximum atomic E-state index is 5.60. The highest BCUT2D eigenvalue weighted by atomic mass is 16.5. The molecule has 2 aliphatic rings. The second kappa shape index (κ2) is 5.43. The Bertz CT molecular complexity index is 387. The number of ether oxygens (including phenoxy) is 1. The van der Waals surface area contributed by atoms with Gasteiger partial charge in [0.15, 0.2) is 0 Å². The fourth-order valence-electron chi connectivity index (χ4n) is 2.40. The summed E-state index contributed by atoms with van der Waals surface area (Å²) >= 11 is 0. The summed E-state index contributed by atoms with van der Waals surface area (Å²) in [6.45, 7) is 6.77. The smallest absolute Gasteiger partial charge is 0.122 e. The Kier molecular flexibility index (Phi) is 3.68. The summed E-state index contributed by atoms with van der Waals surface area (Å²) in [5, 5.41) is 3.51. The van der Waals surface area contributed by atoms with Crippen LogP contribution in [0, 0.1) is 0 Å². The molecular formula is C14H22N2O2. The van der Waals surface area contributed by atoms with Crippen LogP contribution in [-0.2, 0) is 17.8 Å². The topological polar surface area (TPSA) is 37.6 Å². The van der Waals surface area contributed by atoms with Crippen LogP contribution in [0.3, 0.4) is 0 Å². The van der Waals surface area contributed by atoms with Gasteiger partial charge in [-0.2, -0.15) is 0 Å². The van der Waals surface area contributed by atoms with E-state index in [9.17, 15) is 0 Å². The molecule has 100 valence electrons. The third-order valence-corrected chi connectivity index (χ3v) is 3.85. The SMILES string of the molecule is CC1COCCN1Cc1ccoc1CNC1CC1. The van der Waals surface area contributed by atoms with Crippen molar-refractivity contribution in [3.63, 3.8) is 0 Å². The van der Waals surface area contributed by atoms with E-state index < -0.39 is 0 Å². The van der Waals surface area contributed by atoms with Crippen molar-refractivity contribution in [2.75, 3.05) is 19.8 Å². The van der Waals surface area contributed by atoms with Crippen LogP contribution in [0.5, 0.6) is 0 Å². The maximum absolute atomic E-state index is 5.60. The number of rotatable bonds is 5. The van der Waals surface area contributed by atoms with Crippen molar-refractivity contribution in [1.82, 2.24) is 10.2 Å². The van der Waals surface area contributed by atoms with Gasteiger partial charge < -0.3 is 14.5 Å². The Labute approximate surface area is 108 Å². The molecule has 1 unspecified atom stereocenters. The zero-order valence-corrected chi connectivity index (χ0v) is 11.0. The number of hydrogen-bond donors (Lipinski definition) is 1. The highest BCUT2D eigenvalue weighted by molar-refractivity contribution is 5.17. The van der Waals surface area contributed by atoms with E-state index in [4.69, 9.17) is 9.15 Å². The predicted molar refractivity (Wildman–Crippen MR) is 69.3 cm³/mol. The molecule has 3 rings (SSSR count). The van der Waals surface area contributed by atoms with E-state index in [1.54, 1.807) is 0 Å². The first-order chi connectivity index (χ1) is 8.83. The van der Waals surface area contributed by atoms with Gasteiger partial charge in [0.2, 0.25) is 0 Å². The van der Waals surface area contributed by atoms with Crippen LogP contribution in [0.4, 0.5) is 0 Å². The zero-order valence-electron chi connectivity index (χ0n) is 11.0. The first kappa shape index (κ1) is 12.2. The van der Waals surface area contributed by atoms with E-state index in [-0.39, 0.29) is 0 Å². The molecule has 1 aliphatic carbocycles. The number of morpholine rings is 1. The molecule has 1 atom stereocenters. The molecule has 0 aromatic carbocycles. The van der Waals surface area contributed by atoms with Gasteiger partial charge >= 0.3 is 0 Å². The third kappa shape index (κ3) is 2.94. The summed E-state index contributed by atoms with van der Waals surface area (Å²) < 4.78 is 11.1. The van der Waals surface area contributed by atoms with Gasteiger partial charge in [-0.3, -0.25) is 4.90 Å². The lowest BCUT2D eigenvalue weighted by Crippen LogP contribution is -2.43. The van der Waals surface area contributed by atoms with Gasteiger partial charge in [0.25, 0.3) is 0 Å². The van der Waals surface area contributed by atoms with E-state index >= 15 is 0 Å². The van der Waals surface area contributed by atoms with Gasteiger partial charge in [0.05, 0.1) is 26.0 Å². The van der Waals surface area contributed by atoms with Crippen LogP contribution in [0.25, 0.3) is 0 Å². The van der Waals surface area contributed by atoms with Crippen LogP contribution >= 0.6 is 0 Å². The Hall–Kier alpha value is -0.840. The van der Waals surface area contributed by atoms with E-state index in [2.05, 4.69) is 23.2 Å². The van der Waals surface area contributed by atoms with Crippen molar-refractivity contribution in [2.45, 2.75) is 44.9 Å². The van der Waals surface area contributed by atoms with Gasteiger partial charge in [-0.15, -0.1) is 0 Å². The molecular weight excluding hydrogens is 228 g/mol. The summed E-state index contributed by atoms with van der Waals surface area (Å²) in [6.07, 6.45) is 4.44. The molecule has 1 N–H and O–H groups in total. The predicted octanol–water partition coefficient (Wildman–Crippen LogP) is 1.75. The normalized spacial score (nSPS) is 25.5. The highest BCUT2D eigenvalue weighted by Gasteiger charge is 2.23. The third-order valence-electron chi connectivity index (χ3n) is 3.85. The van der Waals surface area contributed by atoms with Gasteiger partial charge in [-0.25, -0.2) is 0 Å². The van der Waals surface area contributed by atoms with Gasteiger partial charge in [0, 0.05) is 30.7 Å². The minimum absolute atomic E-state index is 0.498. The minimum atomic E-state index is 0.498. The number of furan rings is 1. The molecule has 2 heterocycles. The molecule has 4 heteroatoms. The summed E-state index contributed by atoms with van der Waals surface area (Å²) in [5.74, 6) is 1.10. The molecule has 1 saturated carbocycles. The van der Waals surface area contributed by atoms with Crippen molar-refractivity contribution >= 4 is 0 Å². The zero-order chi connectivity index (χ0) is 12.4. The second-order valence-corrected chi connectivity index (χ2v) is 5.42. The lowest BCUT2D eigenvalue weighted by molar-refractivity contribution is -0.00459. The lowest BCUT2D eigenvalue weighted by Gasteiger charge is -2.33. The summed E-state index contributed by atoms with van der Waals surface area (Å²) in [6, 6.07) is 3.33. The molecule has 4 nitrogen and oxygen atoms in total. The van der Waals surface area contributed by atoms with Crippen LogP contribution in [-0.4, -0.2) is 36.7 Å². The van der Waals surface area contributed by atoms with Gasteiger partial charge in [-0.05, 0) is 25.8 Å². The lowest BCUT2D eigenvalue weighted by atomic mass is 10.2. The Morgan fingerprint density at radius 1 is 1.44 bits per heavy atom. The molecule has 1 aromatic heterocycles. The van der Waals surface area contributed by atoms with Crippen LogP contribution < -0.4 is 5.32 Å². The van der Waals surface area contributed by atoms with Crippen LogP contribution in [0.1, 0.15) is 31.1 Å². The molecule has 2 fully saturated rings. The quantitative estimate of drug-likeness (QED) is 0.864. The summed E-state index contributed by atoms with van der Waals surface area (Å²) in [5.41, 5.74) is 1.32. The standard InChI is InChI=1S/C14H22N2O2/c1-11-10-17-7-5-16(11)9-12-4-6-18-14(12)8-15-13-2-3-13/h4,6,11,13,15H,2-3,5,7-10H2,1H3. The van der Waals surface area contributed by atoms with Crippen molar-refractivity contribution < 1.29 is 9.15 Å². The minimum Gasteiger partial charge on any atom is -0.468 e. The Balaban J connectivity index is 1.58. The number of nitrogens with one attached hydrogen (secondary N) is 1. The van der Waals surface area contributed by atoms with Crippen LogP contribution in [0.15, 0.2) is 16.7 Å². The summed E-state index contributed by atoms with van der Waals surface area (Å²) in [4.78, 5) is 2.47. The largest absolute Gasteiger partial charge is 0.468 e. The highest BCUT2D eigenvalue weighted by Crippen LogP contribution is 2.21. The van der Waals surface area contributed by atoms with Crippen molar-refractivity contribution in [2.24, 2.45) is 0 Å². The number of nitrogens with zero attached hydrogens (tertiary/aromatic N) is 1.